The average Bonchev–Trinajstić information content (AvgIpc) is 3.19. The van der Waals surface area contributed by atoms with Crippen molar-refractivity contribution in [2.24, 2.45) is 5.10 Å². The summed E-state index contributed by atoms with van der Waals surface area (Å²) in [5, 5.41) is 16.1. The van der Waals surface area contributed by atoms with Crippen molar-refractivity contribution in [3.05, 3.63) is 64.8 Å². The minimum absolute atomic E-state index is 0.0843. The Balaban J connectivity index is 1.39. The lowest BCUT2D eigenvalue weighted by atomic mass is 10.0. The van der Waals surface area contributed by atoms with Crippen LogP contribution >= 0.6 is 23.4 Å². The summed E-state index contributed by atoms with van der Waals surface area (Å²) in [5.41, 5.74) is 1.78. The topological polar surface area (TPSA) is 76.5 Å². The van der Waals surface area contributed by atoms with E-state index in [1.165, 1.54) is 11.8 Å². The zero-order chi connectivity index (χ0) is 22.2. The molecule has 2 aromatic heterocycles. The van der Waals surface area contributed by atoms with Gasteiger partial charge in [-0.2, -0.15) is 5.10 Å². The van der Waals surface area contributed by atoms with Crippen LogP contribution in [0.2, 0.25) is 5.02 Å². The van der Waals surface area contributed by atoms with E-state index in [0.29, 0.717) is 17.4 Å². The summed E-state index contributed by atoms with van der Waals surface area (Å²) in [5.74, 6) is 2.18. The molecule has 0 spiro atoms. The molecule has 0 saturated heterocycles. The van der Waals surface area contributed by atoms with Gasteiger partial charge in [0.25, 0.3) is 5.91 Å². The maximum atomic E-state index is 13.5. The van der Waals surface area contributed by atoms with Crippen LogP contribution < -0.4 is 0 Å². The van der Waals surface area contributed by atoms with Crippen LogP contribution in [0.25, 0.3) is 0 Å². The van der Waals surface area contributed by atoms with Crippen molar-refractivity contribution in [3.63, 3.8) is 0 Å². The first-order valence-corrected chi connectivity index (χ1v) is 12.1. The lowest BCUT2D eigenvalue weighted by Crippen LogP contribution is -2.33. The van der Waals surface area contributed by atoms with Gasteiger partial charge in [0.15, 0.2) is 5.16 Å². The molecule has 0 radical (unpaired) electrons. The maximum absolute atomic E-state index is 13.5. The zero-order valence-corrected chi connectivity index (χ0v) is 19.5. The van der Waals surface area contributed by atoms with Crippen molar-refractivity contribution in [2.75, 3.05) is 0 Å². The highest BCUT2D eigenvalue weighted by Crippen LogP contribution is 2.41. The molecule has 1 aliphatic carbocycles. The first kappa shape index (κ1) is 21.3. The second-order valence-electron chi connectivity index (χ2n) is 8.09. The van der Waals surface area contributed by atoms with E-state index >= 15 is 0 Å². The van der Waals surface area contributed by atoms with E-state index < -0.39 is 0 Å². The second-order valence-corrected chi connectivity index (χ2v) is 9.84. The molecule has 166 valence electrons. The SMILES string of the molecule is CCn1c(SC(C)C(=O)N2N=C(c3ccc(Cl)cc3)CC2c2ccco2)nnc1C1CC1. The number of hydrazone groups is 1. The predicted molar refractivity (Wildman–Crippen MR) is 124 cm³/mol. The molecular formula is C23H24ClN5O2S. The lowest BCUT2D eigenvalue weighted by Gasteiger charge is -2.22. The number of benzene rings is 1. The van der Waals surface area contributed by atoms with Crippen molar-refractivity contribution >= 4 is 35.0 Å². The summed E-state index contributed by atoms with van der Waals surface area (Å²) in [6.45, 7) is 4.77. The first-order valence-electron chi connectivity index (χ1n) is 10.8. The third kappa shape index (κ3) is 4.09. The maximum Gasteiger partial charge on any atom is 0.256 e. The number of carbonyl (C=O) groups excluding carboxylic acids is 1. The summed E-state index contributed by atoms with van der Waals surface area (Å²) in [4.78, 5) is 13.5. The van der Waals surface area contributed by atoms with Gasteiger partial charge in [-0.3, -0.25) is 4.79 Å². The number of halogens is 1. The number of furan rings is 1. The van der Waals surface area contributed by atoms with Gasteiger partial charge in [0, 0.05) is 23.9 Å². The summed E-state index contributed by atoms with van der Waals surface area (Å²) in [6, 6.07) is 11.0. The summed E-state index contributed by atoms with van der Waals surface area (Å²) >= 11 is 7.48. The Bertz CT molecular complexity index is 1140. The monoisotopic (exact) mass is 469 g/mol. The summed E-state index contributed by atoms with van der Waals surface area (Å²) in [7, 11) is 0. The Kier molecular flexibility index (Phi) is 5.82. The molecule has 2 atom stereocenters. The van der Waals surface area contributed by atoms with E-state index in [1.54, 1.807) is 11.3 Å². The standard InChI is InChI=1S/C23H24ClN5O2S/c1-3-28-21(16-6-7-16)25-26-23(28)32-14(2)22(30)29-19(20-5-4-12-31-20)13-18(27-29)15-8-10-17(24)11-9-15/h4-5,8-12,14,16,19H,3,6-7,13H2,1-2H3. The van der Waals surface area contributed by atoms with Crippen molar-refractivity contribution < 1.29 is 9.21 Å². The Hall–Kier alpha value is -2.58. The number of rotatable bonds is 7. The van der Waals surface area contributed by atoms with E-state index in [2.05, 4.69) is 21.7 Å². The number of amides is 1. The quantitative estimate of drug-likeness (QED) is 0.440. The fourth-order valence-electron chi connectivity index (χ4n) is 3.96. The van der Waals surface area contributed by atoms with Crippen molar-refractivity contribution in [2.45, 2.75) is 62.0 Å². The number of thioether (sulfide) groups is 1. The third-order valence-corrected chi connectivity index (χ3v) is 7.14. The van der Waals surface area contributed by atoms with E-state index in [4.69, 9.17) is 21.1 Å². The fraction of sp³-hybridized carbons (Fsp3) is 0.391. The van der Waals surface area contributed by atoms with Crippen LogP contribution in [0.1, 0.15) is 62.2 Å². The molecular weight excluding hydrogens is 446 g/mol. The normalized spacial score (nSPS) is 19.3. The number of aromatic nitrogens is 3. The van der Waals surface area contributed by atoms with Crippen LogP contribution in [-0.4, -0.2) is 36.6 Å². The van der Waals surface area contributed by atoms with E-state index in [0.717, 1.165) is 47.4 Å². The highest BCUT2D eigenvalue weighted by molar-refractivity contribution is 8.00. The van der Waals surface area contributed by atoms with Crippen LogP contribution in [0.5, 0.6) is 0 Å². The van der Waals surface area contributed by atoms with Crippen molar-refractivity contribution in [1.29, 1.82) is 0 Å². The van der Waals surface area contributed by atoms with Gasteiger partial charge in [0.05, 0.1) is 17.2 Å². The molecule has 0 bridgehead atoms. The molecule has 3 heterocycles. The van der Waals surface area contributed by atoms with Gasteiger partial charge in [-0.1, -0.05) is 35.5 Å². The Morgan fingerprint density at radius 1 is 1.25 bits per heavy atom. The number of hydrogen-bond acceptors (Lipinski definition) is 6. The van der Waals surface area contributed by atoms with E-state index in [-0.39, 0.29) is 17.2 Å². The molecule has 2 aliphatic rings. The van der Waals surface area contributed by atoms with Gasteiger partial charge in [0.2, 0.25) is 0 Å². The van der Waals surface area contributed by atoms with E-state index in [1.807, 2.05) is 43.3 Å². The molecule has 32 heavy (non-hydrogen) atoms. The van der Waals surface area contributed by atoms with Crippen LogP contribution in [-0.2, 0) is 11.3 Å². The molecule has 1 fully saturated rings. The number of nitrogens with zero attached hydrogens (tertiary/aromatic N) is 5. The molecule has 2 unspecified atom stereocenters. The largest absolute Gasteiger partial charge is 0.467 e. The van der Waals surface area contributed by atoms with Crippen LogP contribution in [0.15, 0.2) is 57.3 Å². The summed E-state index contributed by atoms with van der Waals surface area (Å²) < 4.78 is 7.78. The highest BCUT2D eigenvalue weighted by Gasteiger charge is 2.38. The molecule has 1 aliphatic heterocycles. The van der Waals surface area contributed by atoms with Gasteiger partial charge < -0.3 is 8.98 Å². The first-order chi connectivity index (χ1) is 15.5. The van der Waals surface area contributed by atoms with Crippen molar-refractivity contribution in [1.82, 2.24) is 19.8 Å². The molecule has 7 nitrogen and oxygen atoms in total. The molecule has 3 aromatic rings. The molecule has 0 N–H and O–H groups in total. The minimum atomic E-state index is -0.373. The fourth-order valence-corrected chi connectivity index (χ4v) is 5.04. The minimum Gasteiger partial charge on any atom is -0.467 e. The van der Waals surface area contributed by atoms with Gasteiger partial charge in [-0.25, -0.2) is 5.01 Å². The van der Waals surface area contributed by atoms with Gasteiger partial charge in [0.1, 0.15) is 17.6 Å². The zero-order valence-electron chi connectivity index (χ0n) is 17.9. The molecule has 1 saturated carbocycles. The van der Waals surface area contributed by atoms with Gasteiger partial charge >= 0.3 is 0 Å². The van der Waals surface area contributed by atoms with Crippen LogP contribution in [0, 0.1) is 0 Å². The number of hydrogen-bond donors (Lipinski definition) is 0. The highest BCUT2D eigenvalue weighted by atomic mass is 35.5. The summed E-state index contributed by atoms with van der Waals surface area (Å²) in [6.07, 6.45) is 4.53. The average molecular weight is 470 g/mol. The van der Waals surface area contributed by atoms with Gasteiger partial charge in [-0.05, 0) is 56.5 Å². The Morgan fingerprint density at radius 3 is 2.69 bits per heavy atom. The molecule has 1 aromatic carbocycles. The number of carbonyl (C=O) groups is 1. The van der Waals surface area contributed by atoms with Crippen molar-refractivity contribution in [3.8, 4) is 0 Å². The Morgan fingerprint density at radius 2 is 2.03 bits per heavy atom. The van der Waals surface area contributed by atoms with Crippen LogP contribution in [0.3, 0.4) is 0 Å². The van der Waals surface area contributed by atoms with E-state index in [9.17, 15) is 4.79 Å². The second kappa shape index (κ2) is 8.75. The molecule has 9 heteroatoms. The third-order valence-electron chi connectivity index (χ3n) is 5.82. The Labute approximate surface area is 195 Å². The molecule has 1 amide bonds. The van der Waals surface area contributed by atoms with Gasteiger partial charge in [-0.15, -0.1) is 10.2 Å². The van der Waals surface area contributed by atoms with Crippen LogP contribution in [0.4, 0.5) is 0 Å². The molecule has 5 rings (SSSR count). The predicted octanol–water partition coefficient (Wildman–Crippen LogP) is 5.28. The lowest BCUT2D eigenvalue weighted by molar-refractivity contribution is -0.132. The smallest absolute Gasteiger partial charge is 0.256 e.